The largest absolute Gasteiger partial charge is 0.441 e. The molecule has 0 saturated heterocycles. The van der Waals surface area contributed by atoms with E-state index in [9.17, 15) is 0 Å². The van der Waals surface area contributed by atoms with E-state index in [1.807, 2.05) is 48.7 Å². The molecule has 1 N–H and O–H groups in total. The Balaban J connectivity index is 0.000000845. The predicted molar refractivity (Wildman–Crippen MR) is 54.5 cm³/mol. The fraction of sp³-hybridized carbons (Fsp3) is 0. The third kappa shape index (κ3) is 2.92. The summed E-state index contributed by atoms with van der Waals surface area (Å²) in [6, 6.07) is 13.5. The average molecular weight is 183 g/mol. The van der Waals surface area contributed by atoms with E-state index in [-0.39, 0.29) is 29.6 Å². The van der Waals surface area contributed by atoms with Gasteiger partial charge < -0.3 is 9.72 Å². The van der Waals surface area contributed by atoms with Crippen molar-refractivity contribution in [1.82, 2.24) is 4.98 Å². The molecule has 0 fully saturated rings. The molecule has 0 spiro atoms. The second-order valence-electron chi connectivity index (χ2n) is 2.45. The van der Waals surface area contributed by atoms with E-state index >= 15 is 0 Å². The third-order valence-corrected chi connectivity index (χ3v) is 1.54. The van der Waals surface area contributed by atoms with Gasteiger partial charge in [-0.2, -0.15) is 0 Å². The Labute approximate surface area is 99.2 Å². The molecule has 0 aliphatic carbocycles. The number of hydrogen-bond acceptors (Lipinski definition) is 1. The Bertz CT molecular complexity index is 331. The first-order chi connectivity index (χ1) is 5.95. The first-order valence-electron chi connectivity index (χ1n) is 3.81. The van der Waals surface area contributed by atoms with Crippen molar-refractivity contribution in [1.29, 1.82) is 0 Å². The van der Waals surface area contributed by atoms with Gasteiger partial charge in [-0.25, -0.2) is 0 Å². The summed E-state index contributed by atoms with van der Waals surface area (Å²) in [6.45, 7) is 0. The summed E-state index contributed by atoms with van der Waals surface area (Å²) in [6.07, 6.45) is 1.83. The Morgan fingerprint density at radius 1 is 0.923 bits per heavy atom. The minimum Gasteiger partial charge on any atom is -0.441 e. The van der Waals surface area contributed by atoms with Crippen LogP contribution in [-0.2, 0) is 0 Å². The van der Waals surface area contributed by atoms with Crippen LogP contribution in [0.2, 0.25) is 0 Å². The third-order valence-electron chi connectivity index (χ3n) is 1.54. The second kappa shape index (κ2) is 5.12. The van der Waals surface area contributed by atoms with E-state index < -0.39 is 0 Å². The number of ether oxygens (including phenoxy) is 1. The van der Waals surface area contributed by atoms with Gasteiger partial charge in [-0.3, -0.25) is 0 Å². The summed E-state index contributed by atoms with van der Waals surface area (Å²) in [4.78, 5) is 2.96. The number of benzene rings is 1. The van der Waals surface area contributed by atoms with E-state index in [0.717, 1.165) is 11.6 Å². The van der Waals surface area contributed by atoms with E-state index in [2.05, 4.69) is 4.98 Å². The van der Waals surface area contributed by atoms with Crippen molar-refractivity contribution < 1.29 is 4.74 Å². The van der Waals surface area contributed by atoms with Crippen LogP contribution in [0, 0.1) is 0 Å². The molecule has 2 nitrogen and oxygen atoms in total. The van der Waals surface area contributed by atoms with Crippen molar-refractivity contribution in [3.8, 4) is 11.6 Å². The number of hydrogen-bond donors (Lipinski definition) is 1. The average Bonchev–Trinajstić information content (AvgIpc) is 2.59. The van der Waals surface area contributed by atoms with Crippen molar-refractivity contribution in [3.05, 3.63) is 48.7 Å². The van der Waals surface area contributed by atoms with Crippen LogP contribution in [0.15, 0.2) is 48.7 Å². The van der Waals surface area contributed by atoms with E-state index in [0.29, 0.717) is 0 Å². The zero-order chi connectivity index (χ0) is 8.23. The van der Waals surface area contributed by atoms with Gasteiger partial charge in [0.2, 0.25) is 0 Å². The summed E-state index contributed by atoms with van der Waals surface area (Å²) in [5, 5.41) is 0. The van der Waals surface area contributed by atoms with E-state index in [4.69, 9.17) is 4.74 Å². The van der Waals surface area contributed by atoms with Gasteiger partial charge in [0, 0.05) is 12.3 Å². The monoisotopic (exact) mass is 183 g/mol. The van der Waals surface area contributed by atoms with Crippen LogP contribution in [0.4, 0.5) is 0 Å². The molecule has 1 aromatic heterocycles. The number of rotatable bonds is 2. The molecular weight excluding hydrogens is 173 g/mol. The molecule has 0 atom stereocenters. The van der Waals surface area contributed by atoms with Gasteiger partial charge in [0.25, 0.3) is 0 Å². The summed E-state index contributed by atoms with van der Waals surface area (Å²) in [7, 11) is 0. The van der Waals surface area contributed by atoms with Crippen molar-refractivity contribution in [2.24, 2.45) is 0 Å². The summed E-state index contributed by atoms with van der Waals surface area (Å²) in [5.41, 5.74) is 0. The number of nitrogens with one attached hydrogen (secondary N) is 1. The maximum Gasteiger partial charge on any atom is 0.197 e. The molecule has 3 heteroatoms. The molecule has 13 heavy (non-hydrogen) atoms. The van der Waals surface area contributed by atoms with Gasteiger partial charge in [0.1, 0.15) is 5.75 Å². The summed E-state index contributed by atoms with van der Waals surface area (Å²) >= 11 is 0. The normalized spacial score (nSPS) is 8.92. The summed E-state index contributed by atoms with van der Waals surface area (Å²) < 4.78 is 5.46. The molecule has 0 unspecified atom stereocenters. The van der Waals surface area contributed by atoms with Crippen molar-refractivity contribution in [2.75, 3.05) is 0 Å². The Hall–Kier alpha value is -0.700. The number of aromatic nitrogens is 1. The SMILES string of the molecule is [NaH].c1ccc(Oc2ccc[nH]2)cc1. The molecule has 0 aliphatic rings. The zero-order valence-corrected chi connectivity index (χ0v) is 6.53. The minimum atomic E-state index is 0. The first-order valence-corrected chi connectivity index (χ1v) is 3.81. The van der Waals surface area contributed by atoms with Gasteiger partial charge >= 0.3 is 29.6 Å². The van der Waals surface area contributed by atoms with Crippen LogP contribution in [0.5, 0.6) is 11.6 Å². The van der Waals surface area contributed by atoms with Gasteiger partial charge in [0.05, 0.1) is 0 Å². The van der Waals surface area contributed by atoms with Gasteiger partial charge in [-0.15, -0.1) is 0 Å². The van der Waals surface area contributed by atoms with Crippen LogP contribution in [0.3, 0.4) is 0 Å². The fourth-order valence-electron chi connectivity index (χ4n) is 0.993. The van der Waals surface area contributed by atoms with Crippen LogP contribution >= 0.6 is 0 Å². The maximum absolute atomic E-state index is 5.46. The topological polar surface area (TPSA) is 25.0 Å². The minimum absolute atomic E-state index is 0. The van der Waals surface area contributed by atoms with E-state index in [1.54, 1.807) is 0 Å². The molecule has 0 saturated carbocycles. The smallest absolute Gasteiger partial charge is 0.197 e. The molecular formula is C10H10NNaO. The number of para-hydroxylation sites is 1. The van der Waals surface area contributed by atoms with Gasteiger partial charge in [-0.1, -0.05) is 18.2 Å². The molecule has 0 aliphatic heterocycles. The Kier molecular flexibility index (Phi) is 4.09. The molecule has 0 radical (unpaired) electrons. The quantitative estimate of drug-likeness (QED) is 0.709. The predicted octanol–water partition coefficient (Wildman–Crippen LogP) is 2.16. The van der Waals surface area contributed by atoms with Crippen LogP contribution in [0.1, 0.15) is 0 Å². The molecule has 1 aromatic carbocycles. The Morgan fingerprint density at radius 2 is 1.69 bits per heavy atom. The molecule has 0 bridgehead atoms. The van der Waals surface area contributed by atoms with Crippen molar-refractivity contribution in [2.45, 2.75) is 0 Å². The number of aromatic amines is 1. The van der Waals surface area contributed by atoms with Gasteiger partial charge in [-0.05, 0) is 18.2 Å². The van der Waals surface area contributed by atoms with Gasteiger partial charge in [0.15, 0.2) is 5.88 Å². The maximum atomic E-state index is 5.46. The molecule has 2 aromatic rings. The number of H-pyrrole nitrogens is 1. The Morgan fingerprint density at radius 3 is 2.31 bits per heavy atom. The molecule has 1 heterocycles. The van der Waals surface area contributed by atoms with Crippen molar-refractivity contribution in [3.63, 3.8) is 0 Å². The molecule has 62 valence electrons. The molecule has 0 amide bonds. The molecule has 2 rings (SSSR count). The standard InChI is InChI=1S/C10H9NO.Na.H/c1-2-5-9(6-3-1)12-10-7-4-8-11-10;;/h1-8,11H;;. The summed E-state index contributed by atoms with van der Waals surface area (Å²) in [5.74, 6) is 1.61. The van der Waals surface area contributed by atoms with Crippen molar-refractivity contribution >= 4 is 29.6 Å². The van der Waals surface area contributed by atoms with E-state index in [1.165, 1.54) is 0 Å². The fourth-order valence-corrected chi connectivity index (χ4v) is 0.993. The second-order valence-corrected chi connectivity index (χ2v) is 2.45. The zero-order valence-electron chi connectivity index (χ0n) is 6.53. The first kappa shape index (κ1) is 10.4. The van der Waals surface area contributed by atoms with Crippen LogP contribution < -0.4 is 4.74 Å². The van der Waals surface area contributed by atoms with Crippen LogP contribution in [0.25, 0.3) is 0 Å². The van der Waals surface area contributed by atoms with Crippen LogP contribution in [-0.4, -0.2) is 34.5 Å².